The first kappa shape index (κ1) is 16.9. The first-order chi connectivity index (χ1) is 10.5. The molecule has 1 heterocycles. The average molecular weight is 323 g/mol. The lowest BCUT2D eigenvalue weighted by atomic mass is 9.76. The van der Waals surface area contributed by atoms with Crippen LogP contribution in [0.25, 0.3) is 11.0 Å². The van der Waals surface area contributed by atoms with E-state index in [1.807, 2.05) is 24.3 Å². The molecule has 0 saturated carbocycles. The quantitative estimate of drug-likeness (QED) is 0.500. The van der Waals surface area contributed by atoms with Gasteiger partial charge in [-0.2, -0.15) is 0 Å². The van der Waals surface area contributed by atoms with Crippen molar-refractivity contribution in [1.82, 2.24) is 5.32 Å². The molecule has 2 rings (SSSR count). The first-order valence-corrected chi connectivity index (χ1v) is 8.60. The van der Waals surface area contributed by atoms with Crippen LogP contribution in [0.3, 0.4) is 0 Å². The van der Waals surface area contributed by atoms with Crippen molar-refractivity contribution in [2.75, 3.05) is 12.0 Å². The van der Waals surface area contributed by atoms with Crippen molar-refractivity contribution in [1.29, 1.82) is 0 Å². The van der Waals surface area contributed by atoms with Crippen LogP contribution in [0.4, 0.5) is 0 Å². The van der Waals surface area contributed by atoms with Gasteiger partial charge in [-0.05, 0) is 18.1 Å². The van der Waals surface area contributed by atoms with Gasteiger partial charge >= 0.3 is 7.12 Å². The fourth-order valence-corrected chi connectivity index (χ4v) is 2.65. The van der Waals surface area contributed by atoms with Gasteiger partial charge in [0.05, 0.1) is 24.9 Å². The van der Waals surface area contributed by atoms with E-state index in [0.717, 1.165) is 10.9 Å². The Morgan fingerprint density at radius 2 is 2.18 bits per heavy atom. The van der Waals surface area contributed by atoms with Crippen molar-refractivity contribution in [3.8, 4) is 0 Å². The second-order valence-corrected chi connectivity index (χ2v) is 6.63. The van der Waals surface area contributed by atoms with Gasteiger partial charge in [0.1, 0.15) is 11.3 Å². The minimum absolute atomic E-state index is 0.0818. The lowest BCUT2D eigenvalue weighted by Gasteiger charge is -2.17. The van der Waals surface area contributed by atoms with Gasteiger partial charge in [-0.1, -0.05) is 29.4 Å². The SMILES string of the molecule is C[S+]([O-])CCC(=O)NC(Cc1coc2ccccc12)B(O)O. The molecule has 3 N–H and O–H groups in total. The molecule has 118 valence electrons. The predicted molar refractivity (Wildman–Crippen MR) is 85.6 cm³/mol. The molecule has 0 aliphatic rings. The molecule has 6 nitrogen and oxygen atoms in total. The number of benzene rings is 1. The molecule has 22 heavy (non-hydrogen) atoms. The number of para-hydroxylation sites is 1. The summed E-state index contributed by atoms with van der Waals surface area (Å²) in [6.07, 6.45) is 3.38. The van der Waals surface area contributed by atoms with Gasteiger partial charge in [0.15, 0.2) is 0 Å². The largest absolute Gasteiger partial charge is 0.617 e. The molecule has 0 aliphatic carbocycles. The maximum absolute atomic E-state index is 11.8. The van der Waals surface area contributed by atoms with E-state index >= 15 is 0 Å². The Labute approximate surface area is 131 Å². The monoisotopic (exact) mass is 323 g/mol. The van der Waals surface area contributed by atoms with Gasteiger partial charge in [-0.3, -0.25) is 4.79 Å². The molecule has 0 bridgehead atoms. The molecule has 0 saturated heterocycles. The highest BCUT2D eigenvalue weighted by Gasteiger charge is 2.27. The Bertz CT molecular complexity index is 630. The van der Waals surface area contributed by atoms with E-state index < -0.39 is 24.2 Å². The zero-order valence-corrected chi connectivity index (χ0v) is 13.0. The Kier molecular flexibility index (Phi) is 5.90. The number of fused-ring (bicyclic) bond motifs is 1. The molecule has 1 aromatic heterocycles. The van der Waals surface area contributed by atoms with Gasteiger partial charge < -0.3 is 24.3 Å². The highest BCUT2D eigenvalue weighted by atomic mass is 32.2. The van der Waals surface area contributed by atoms with Gasteiger partial charge in [0.2, 0.25) is 5.91 Å². The highest BCUT2D eigenvalue weighted by molar-refractivity contribution is 7.90. The van der Waals surface area contributed by atoms with Crippen LogP contribution in [0.1, 0.15) is 12.0 Å². The number of carbonyl (C=O) groups is 1. The number of rotatable bonds is 7. The molecule has 0 radical (unpaired) electrons. The number of amides is 1. The first-order valence-electron chi connectivity index (χ1n) is 6.88. The number of hydrogen-bond donors (Lipinski definition) is 3. The molecule has 2 unspecified atom stereocenters. The normalized spacial score (nSPS) is 13.8. The molecular formula is C14H18BNO5S. The van der Waals surface area contributed by atoms with Crippen molar-refractivity contribution >= 4 is 35.2 Å². The van der Waals surface area contributed by atoms with Gasteiger partial charge in [-0.25, -0.2) is 0 Å². The van der Waals surface area contributed by atoms with E-state index in [1.165, 1.54) is 6.26 Å². The topological polar surface area (TPSA) is 106 Å². The Morgan fingerprint density at radius 3 is 2.86 bits per heavy atom. The molecule has 0 spiro atoms. The molecule has 2 aromatic rings. The summed E-state index contributed by atoms with van der Waals surface area (Å²) in [5.41, 5.74) is 1.49. The van der Waals surface area contributed by atoms with Crippen LogP contribution in [0.2, 0.25) is 0 Å². The van der Waals surface area contributed by atoms with Crippen LogP contribution in [-0.4, -0.2) is 45.6 Å². The summed E-state index contributed by atoms with van der Waals surface area (Å²) < 4.78 is 16.4. The zero-order valence-electron chi connectivity index (χ0n) is 12.2. The van der Waals surface area contributed by atoms with Crippen molar-refractivity contribution in [2.45, 2.75) is 18.8 Å². The van der Waals surface area contributed by atoms with E-state index in [9.17, 15) is 19.4 Å². The summed E-state index contributed by atoms with van der Waals surface area (Å²) in [6.45, 7) is 0. The molecule has 8 heteroatoms. The third kappa shape index (κ3) is 4.51. The predicted octanol–water partition coefficient (Wildman–Crippen LogP) is 0.241. The maximum Gasteiger partial charge on any atom is 0.475 e. The summed E-state index contributed by atoms with van der Waals surface area (Å²) in [5, 5.41) is 22.4. The molecular weight excluding hydrogens is 305 g/mol. The number of furan rings is 1. The molecule has 0 fully saturated rings. The van der Waals surface area contributed by atoms with Crippen molar-refractivity contribution in [2.24, 2.45) is 0 Å². The Hall–Kier alpha value is -1.48. The summed E-state index contributed by atoms with van der Waals surface area (Å²) in [5.74, 6) is -0.964. The summed E-state index contributed by atoms with van der Waals surface area (Å²) in [4.78, 5) is 11.8. The number of carbonyl (C=O) groups excluding carboxylic acids is 1. The van der Waals surface area contributed by atoms with Crippen LogP contribution in [0.15, 0.2) is 34.9 Å². The molecule has 0 aliphatic heterocycles. The summed E-state index contributed by atoms with van der Waals surface area (Å²) >= 11 is -1.06. The van der Waals surface area contributed by atoms with Crippen LogP contribution < -0.4 is 5.32 Å². The number of hydrogen-bond acceptors (Lipinski definition) is 5. The Balaban J connectivity index is 2.04. The van der Waals surface area contributed by atoms with E-state index in [0.29, 0.717) is 5.58 Å². The summed E-state index contributed by atoms with van der Waals surface area (Å²) in [7, 11) is -1.69. The van der Waals surface area contributed by atoms with E-state index in [-0.39, 0.29) is 24.5 Å². The van der Waals surface area contributed by atoms with Crippen molar-refractivity contribution in [3.05, 3.63) is 36.1 Å². The number of nitrogens with one attached hydrogen (secondary N) is 1. The van der Waals surface area contributed by atoms with Gasteiger partial charge in [0.25, 0.3) is 0 Å². The smallest absolute Gasteiger partial charge is 0.475 e. The maximum atomic E-state index is 11.8. The average Bonchev–Trinajstić information content (AvgIpc) is 2.87. The molecule has 1 aromatic carbocycles. The van der Waals surface area contributed by atoms with Crippen LogP contribution in [-0.2, 0) is 22.4 Å². The molecule has 1 amide bonds. The lowest BCUT2D eigenvalue weighted by Crippen LogP contribution is -2.48. The zero-order chi connectivity index (χ0) is 16.1. The standard InChI is InChI=1S/C14H18BNO5S/c1-22(20)7-6-14(17)16-13(15(18)19)8-10-9-21-12-5-3-2-4-11(10)12/h2-5,9,13,18-19H,6-8H2,1H3,(H,16,17). The van der Waals surface area contributed by atoms with E-state index in [2.05, 4.69) is 5.32 Å². The second kappa shape index (κ2) is 7.69. The third-order valence-electron chi connectivity index (χ3n) is 3.32. The van der Waals surface area contributed by atoms with E-state index in [1.54, 1.807) is 6.26 Å². The lowest BCUT2D eigenvalue weighted by molar-refractivity contribution is -0.121. The van der Waals surface area contributed by atoms with Gasteiger partial charge in [0, 0.05) is 5.39 Å². The molecule has 2 atom stereocenters. The van der Waals surface area contributed by atoms with Crippen molar-refractivity contribution < 1.29 is 23.8 Å². The van der Waals surface area contributed by atoms with Crippen LogP contribution in [0, 0.1) is 0 Å². The fraction of sp³-hybridized carbons (Fsp3) is 0.357. The van der Waals surface area contributed by atoms with E-state index in [4.69, 9.17) is 4.42 Å². The minimum Gasteiger partial charge on any atom is -0.617 e. The highest BCUT2D eigenvalue weighted by Crippen LogP contribution is 2.22. The summed E-state index contributed by atoms with van der Waals surface area (Å²) in [6, 6.07) is 7.40. The van der Waals surface area contributed by atoms with Crippen LogP contribution in [0.5, 0.6) is 0 Å². The minimum atomic E-state index is -1.69. The van der Waals surface area contributed by atoms with Crippen molar-refractivity contribution in [3.63, 3.8) is 0 Å². The van der Waals surface area contributed by atoms with Gasteiger partial charge in [-0.15, -0.1) is 0 Å². The fourth-order valence-electron chi connectivity index (χ4n) is 2.17. The third-order valence-corrected chi connectivity index (χ3v) is 4.10. The Morgan fingerprint density at radius 1 is 1.45 bits per heavy atom. The van der Waals surface area contributed by atoms with Crippen LogP contribution >= 0.6 is 0 Å². The second-order valence-electron chi connectivity index (χ2n) is 5.08.